The van der Waals surface area contributed by atoms with E-state index in [0.29, 0.717) is 19.6 Å². The standard InChI is InChI=1S/C8H16O4/c1-8(3-4-10-2)11-6-7(5-9)12-8/h7,9H,3-6H2,1-2H3. The van der Waals surface area contributed by atoms with E-state index in [4.69, 9.17) is 19.3 Å². The van der Waals surface area contributed by atoms with Gasteiger partial charge in [0.2, 0.25) is 0 Å². The Hall–Kier alpha value is -0.160. The molecule has 1 aliphatic rings. The molecule has 1 heterocycles. The van der Waals surface area contributed by atoms with Crippen molar-refractivity contribution in [3.05, 3.63) is 0 Å². The number of hydrogen-bond donors (Lipinski definition) is 1. The van der Waals surface area contributed by atoms with Crippen molar-refractivity contribution < 1.29 is 19.3 Å². The molecular formula is C8H16O4. The quantitative estimate of drug-likeness (QED) is 0.662. The molecule has 0 amide bonds. The Labute approximate surface area is 72.4 Å². The lowest BCUT2D eigenvalue weighted by molar-refractivity contribution is -0.168. The zero-order valence-electron chi connectivity index (χ0n) is 7.58. The molecule has 1 saturated heterocycles. The third-order valence-corrected chi connectivity index (χ3v) is 1.95. The molecule has 1 rings (SSSR count). The molecule has 1 fully saturated rings. The van der Waals surface area contributed by atoms with Crippen LogP contribution in [0.4, 0.5) is 0 Å². The zero-order chi connectivity index (χ0) is 9.03. The molecule has 2 atom stereocenters. The maximum atomic E-state index is 8.79. The molecule has 0 aliphatic carbocycles. The van der Waals surface area contributed by atoms with Crippen LogP contribution in [-0.2, 0) is 14.2 Å². The molecule has 0 bridgehead atoms. The maximum Gasteiger partial charge on any atom is 0.168 e. The Morgan fingerprint density at radius 3 is 2.92 bits per heavy atom. The van der Waals surface area contributed by atoms with E-state index in [9.17, 15) is 0 Å². The van der Waals surface area contributed by atoms with Crippen molar-refractivity contribution >= 4 is 0 Å². The van der Waals surface area contributed by atoms with Gasteiger partial charge in [0.15, 0.2) is 5.79 Å². The Morgan fingerprint density at radius 2 is 2.42 bits per heavy atom. The van der Waals surface area contributed by atoms with Gasteiger partial charge in [-0.25, -0.2) is 0 Å². The molecule has 0 aromatic carbocycles. The molecule has 72 valence electrons. The van der Waals surface area contributed by atoms with Crippen LogP contribution in [-0.4, -0.2) is 43.9 Å². The molecule has 0 spiro atoms. The van der Waals surface area contributed by atoms with Crippen LogP contribution in [0.25, 0.3) is 0 Å². The molecule has 4 nitrogen and oxygen atoms in total. The van der Waals surface area contributed by atoms with E-state index in [2.05, 4.69) is 0 Å². The van der Waals surface area contributed by atoms with Crippen molar-refractivity contribution in [3.8, 4) is 0 Å². The summed E-state index contributed by atoms with van der Waals surface area (Å²) in [4.78, 5) is 0. The van der Waals surface area contributed by atoms with Crippen LogP contribution in [0.1, 0.15) is 13.3 Å². The minimum Gasteiger partial charge on any atom is -0.394 e. The fourth-order valence-electron chi connectivity index (χ4n) is 1.20. The van der Waals surface area contributed by atoms with E-state index in [0.717, 1.165) is 0 Å². The van der Waals surface area contributed by atoms with Crippen LogP contribution in [0.2, 0.25) is 0 Å². The van der Waals surface area contributed by atoms with Gasteiger partial charge < -0.3 is 19.3 Å². The Bertz CT molecular complexity index is 139. The molecule has 0 aromatic heterocycles. The van der Waals surface area contributed by atoms with Gasteiger partial charge in [-0.05, 0) is 6.92 Å². The second-order valence-electron chi connectivity index (χ2n) is 3.11. The first-order chi connectivity index (χ1) is 5.70. The fraction of sp³-hybridized carbons (Fsp3) is 1.00. The predicted molar refractivity (Wildman–Crippen MR) is 42.8 cm³/mol. The lowest BCUT2D eigenvalue weighted by Crippen LogP contribution is -2.29. The predicted octanol–water partition coefficient (Wildman–Crippen LogP) is 0.147. The summed E-state index contributed by atoms with van der Waals surface area (Å²) in [6.45, 7) is 2.95. The summed E-state index contributed by atoms with van der Waals surface area (Å²) in [6, 6.07) is 0. The van der Waals surface area contributed by atoms with E-state index >= 15 is 0 Å². The summed E-state index contributed by atoms with van der Waals surface area (Å²) in [7, 11) is 1.64. The van der Waals surface area contributed by atoms with Crippen molar-refractivity contribution in [3.63, 3.8) is 0 Å². The van der Waals surface area contributed by atoms with Gasteiger partial charge in [-0.3, -0.25) is 0 Å². The first-order valence-electron chi connectivity index (χ1n) is 4.12. The summed E-state index contributed by atoms with van der Waals surface area (Å²) in [6.07, 6.45) is 0.520. The monoisotopic (exact) mass is 176 g/mol. The Morgan fingerprint density at radius 1 is 1.67 bits per heavy atom. The first-order valence-corrected chi connectivity index (χ1v) is 4.12. The molecule has 0 aromatic rings. The molecule has 2 unspecified atom stereocenters. The average Bonchev–Trinajstić information content (AvgIpc) is 2.45. The summed E-state index contributed by atoms with van der Waals surface area (Å²) >= 11 is 0. The van der Waals surface area contributed by atoms with Crippen molar-refractivity contribution in [1.29, 1.82) is 0 Å². The van der Waals surface area contributed by atoms with E-state index in [1.165, 1.54) is 0 Å². The lowest BCUT2D eigenvalue weighted by atomic mass is 10.2. The fourth-order valence-corrected chi connectivity index (χ4v) is 1.20. The van der Waals surface area contributed by atoms with Gasteiger partial charge in [-0.15, -0.1) is 0 Å². The summed E-state index contributed by atoms with van der Waals surface area (Å²) in [5.41, 5.74) is 0. The molecular weight excluding hydrogens is 160 g/mol. The van der Waals surface area contributed by atoms with Gasteiger partial charge in [0.1, 0.15) is 6.10 Å². The van der Waals surface area contributed by atoms with Gasteiger partial charge in [0.05, 0.1) is 19.8 Å². The third kappa shape index (κ3) is 2.42. The average molecular weight is 176 g/mol. The van der Waals surface area contributed by atoms with Gasteiger partial charge >= 0.3 is 0 Å². The van der Waals surface area contributed by atoms with E-state index in [1.54, 1.807) is 7.11 Å². The van der Waals surface area contributed by atoms with Gasteiger partial charge in [-0.1, -0.05) is 0 Å². The molecule has 4 heteroatoms. The van der Waals surface area contributed by atoms with Crippen molar-refractivity contribution in [1.82, 2.24) is 0 Å². The van der Waals surface area contributed by atoms with Crippen LogP contribution in [0, 0.1) is 0 Å². The van der Waals surface area contributed by atoms with Crippen LogP contribution >= 0.6 is 0 Å². The number of aliphatic hydroxyl groups excluding tert-OH is 1. The van der Waals surface area contributed by atoms with Gasteiger partial charge in [0.25, 0.3) is 0 Å². The highest BCUT2D eigenvalue weighted by Gasteiger charge is 2.36. The van der Waals surface area contributed by atoms with Crippen LogP contribution in [0.15, 0.2) is 0 Å². The Balaban J connectivity index is 2.31. The highest BCUT2D eigenvalue weighted by atomic mass is 16.7. The zero-order valence-corrected chi connectivity index (χ0v) is 7.58. The van der Waals surface area contributed by atoms with E-state index in [-0.39, 0.29) is 12.7 Å². The number of ether oxygens (including phenoxy) is 3. The number of hydrogen-bond acceptors (Lipinski definition) is 4. The Kier molecular flexibility index (Phi) is 3.46. The van der Waals surface area contributed by atoms with Gasteiger partial charge in [-0.2, -0.15) is 0 Å². The minimum atomic E-state index is -0.566. The normalized spacial score (nSPS) is 35.8. The molecule has 0 saturated carbocycles. The SMILES string of the molecule is COCCC1(C)OCC(CO)O1. The second-order valence-corrected chi connectivity index (χ2v) is 3.11. The number of rotatable bonds is 4. The maximum absolute atomic E-state index is 8.79. The van der Waals surface area contributed by atoms with Crippen LogP contribution < -0.4 is 0 Å². The van der Waals surface area contributed by atoms with Crippen LogP contribution in [0.5, 0.6) is 0 Å². The first kappa shape index (κ1) is 9.92. The number of methoxy groups -OCH3 is 1. The summed E-state index contributed by atoms with van der Waals surface area (Å²) < 4.78 is 15.7. The highest BCUT2D eigenvalue weighted by Crippen LogP contribution is 2.26. The van der Waals surface area contributed by atoms with Crippen molar-refractivity contribution in [2.45, 2.75) is 25.2 Å². The van der Waals surface area contributed by atoms with Crippen molar-refractivity contribution in [2.24, 2.45) is 0 Å². The lowest BCUT2D eigenvalue weighted by Gasteiger charge is -2.22. The summed E-state index contributed by atoms with van der Waals surface area (Å²) in [5, 5.41) is 8.79. The van der Waals surface area contributed by atoms with Crippen LogP contribution in [0.3, 0.4) is 0 Å². The van der Waals surface area contributed by atoms with E-state index in [1.807, 2.05) is 6.92 Å². The number of aliphatic hydroxyl groups is 1. The molecule has 1 N–H and O–H groups in total. The third-order valence-electron chi connectivity index (χ3n) is 1.95. The molecule has 0 radical (unpaired) electrons. The highest BCUT2D eigenvalue weighted by molar-refractivity contribution is 4.74. The molecule has 12 heavy (non-hydrogen) atoms. The topological polar surface area (TPSA) is 47.9 Å². The smallest absolute Gasteiger partial charge is 0.168 e. The van der Waals surface area contributed by atoms with E-state index < -0.39 is 5.79 Å². The second kappa shape index (κ2) is 4.18. The molecule has 1 aliphatic heterocycles. The minimum absolute atomic E-state index is 0.0164. The largest absolute Gasteiger partial charge is 0.394 e. The van der Waals surface area contributed by atoms with Gasteiger partial charge in [0, 0.05) is 13.5 Å². The summed E-state index contributed by atoms with van der Waals surface area (Å²) in [5.74, 6) is -0.566. The van der Waals surface area contributed by atoms with Crippen molar-refractivity contribution in [2.75, 3.05) is 26.9 Å².